The first-order chi connectivity index (χ1) is 11.5. The Morgan fingerprint density at radius 2 is 1.29 bits per heavy atom. The Labute approximate surface area is 160 Å². The highest BCUT2D eigenvalue weighted by Gasteiger charge is 2.13. The molecule has 4 unspecified atom stereocenters. The van der Waals surface area contributed by atoms with Crippen molar-refractivity contribution in [2.75, 3.05) is 20.0 Å². The second-order valence-corrected chi connectivity index (χ2v) is 9.50. The molecule has 0 heterocycles. The summed E-state index contributed by atoms with van der Waals surface area (Å²) in [4.78, 5) is 0.642. The Morgan fingerprint density at radius 3 is 1.92 bits per heavy atom. The zero-order valence-corrected chi connectivity index (χ0v) is 18.6. The average Bonchev–Trinajstić information content (AvgIpc) is 2.47. The van der Waals surface area contributed by atoms with Crippen molar-refractivity contribution < 1.29 is 9.47 Å². The fourth-order valence-electron chi connectivity index (χ4n) is 3.58. The SMILES string of the molecule is CCCCCCOCOCCCC(C)CC(C)CC(C)CC(C)Br. The fourth-order valence-corrected chi connectivity index (χ4v) is 4.22. The van der Waals surface area contributed by atoms with Crippen molar-refractivity contribution in [1.82, 2.24) is 0 Å². The van der Waals surface area contributed by atoms with E-state index in [0.29, 0.717) is 11.6 Å². The molecule has 0 spiro atoms. The molecule has 0 radical (unpaired) electrons. The van der Waals surface area contributed by atoms with Gasteiger partial charge in [0.2, 0.25) is 0 Å². The number of unbranched alkanes of at least 4 members (excludes halogenated alkanes) is 3. The Kier molecular flexibility index (Phi) is 17.1. The van der Waals surface area contributed by atoms with E-state index in [1.54, 1.807) is 0 Å². The zero-order chi connectivity index (χ0) is 18.2. The van der Waals surface area contributed by atoms with Crippen LogP contribution in [0.25, 0.3) is 0 Å². The van der Waals surface area contributed by atoms with Gasteiger partial charge in [-0.2, -0.15) is 0 Å². The summed E-state index contributed by atoms with van der Waals surface area (Å²) in [5.41, 5.74) is 0. The van der Waals surface area contributed by atoms with E-state index in [1.165, 1.54) is 51.4 Å². The summed E-state index contributed by atoms with van der Waals surface area (Å²) in [6.45, 7) is 13.8. The van der Waals surface area contributed by atoms with Gasteiger partial charge < -0.3 is 9.47 Å². The smallest absolute Gasteiger partial charge is 0.146 e. The standard InChI is InChI=1S/C21H43BrO2/c1-6-7-8-9-12-23-17-24-13-10-11-18(2)14-19(3)15-20(4)16-21(5)22/h18-21H,6-17H2,1-5H3. The molecule has 3 heteroatoms. The quantitative estimate of drug-likeness (QED) is 0.144. The van der Waals surface area contributed by atoms with Crippen molar-refractivity contribution in [3.05, 3.63) is 0 Å². The van der Waals surface area contributed by atoms with E-state index >= 15 is 0 Å². The molecule has 146 valence electrons. The number of halogens is 1. The maximum atomic E-state index is 5.58. The van der Waals surface area contributed by atoms with Crippen LogP contribution < -0.4 is 0 Å². The van der Waals surface area contributed by atoms with E-state index in [1.807, 2.05) is 0 Å². The lowest BCUT2D eigenvalue weighted by Gasteiger charge is -2.21. The molecule has 0 aromatic carbocycles. The number of hydrogen-bond donors (Lipinski definition) is 0. The van der Waals surface area contributed by atoms with Gasteiger partial charge in [-0.25, -0.2) is 0 Å². The van der Waals surface area contributed by atoms with Gasteiger partial charge in [-0.1, -0.05) is 69.8 Å². The molecular weight excluding hydrogens is 364 g/mol. The summed E-state index contributed by atoms with van der Waals surface area (Å²) in [5.74, 6) is 2.44. The third kappa shape index (κ3) is 17.2. The molecule has 0 aromatic rings. The Morgan fingerprint density at radius 1 is 0.708 bits per heavy atom. The van der Waals surface area contributed by atoms with E-state index in [0.717, 1.165) is 37.4 Å². The van der Waals surface area contributed by atoms with E-state index in [4.69, 9.17) is 9.47 Å². The van der Waals surface area contributed by atoms with Crippen LogP contribution in [0.3, 0.4) is 0 Å². The molecule has 0 amide bonds. The van der Waals surface area contributed by atoms with Crippen LogP contribution in [0.2, 0.25) is 0 Å². The maximum Gasteiger partial charge on any atom is 0.146 e. The van der Waals surface area contributed by atoms with E-state index in [2.05, 4.69) is 50.5 Å². The van der Waals surface area contributed by atoms with Crippen molar-refractivity contribution in [1.29, 1.82) is 0 Å². The van der Waals surface area contributed by atoms with Gasteiger partial charge in [0.15, 0.2) is 0 Å². The highest BCUT2D eigenvalue weighted by atomic mass is 79.9. The van der Waals surface area contributed by atoms with Crippen molar-refractivity contribution in [3.8, 4) is 0 Å². The zero-order valence-electron chi connectivity index (χ0n) is 17.0. The minimum absolute atomic E-state index is 0.471. The van der Waals surface area contributed by atoms with Crippen LogP contribution in [0.5, 0.6) is 0 Å². The van der Waals surface area contributed by atoms with Crippen molar-refractivity contribution in [2.45, 2.75) is 97.2 Å². The molecule has 0 aromatic heterocycles. The van der Waals surface area contributed by atoms with Gasteiger partial charge in [0.25, 0.3) is 0 Å². The molecule has 0 saturated heterocycles. The van der Waals surface area contributed by atoms with Gasteiger partial charge in [0, 0.05) is 18.0 Å². The molecule has 0 N–H and O–H groups in total. The highest BCUT2D eigenvalue weighted by Crippen LogP contribution is 2.25. The van der Waals surface area contributed by atoms with Gasteiger partial charge in [-0.05, 0) is 56.3 Å². The van der Waals surface area contributed by atoms with Crippen molar-refractivity contribution in [2.24, 2.45) is 17.8 Å². The van der Waals surface area contributed by atoms with Gasteiger partial charge in [-0.3, -0.25) is 0 Å². The third-order valence-electron chi connectivity index (χ3n) is 4.63. The lowest BCUT2D eigenvalue weighted by molar-refractivity contribution is -0.0561. The molecule has 0 saturated carbocycles. The summed E-state index contributed by atoms with van der Waals surface area (Å²) in [6.07, 6.45) is 11.4. The summed E-state index contributed by atoms with van der Waals surface area (Å²) in [6, 6.07) is 0. The molecule has 2 nitrogen and oxygen atoms in total. The van der Waals surface area contributed by atoms with Crippen LogP contribution in [0.1, 0.15) is 92.4 Å². The minimum Gasteiger partial charge on any atom is -0.355 e. The van der Waals surface area contributed by atoms with E-state index < -0.39 is 0 Å². The fraction of sp³-hybridized carbons (Fsp3) is 1.00. The lowest BCUT2D eigenvalue weighted by Crippen LogP contribution is -2.11. The first kappa shape index (κ1) is 24.4. The molecule has 0 fully saturated rings. The summed E-state index contributed by atoms with van der Waals surface area (Å²) < 4.78 is 11.1. The highest BCUT2D eigenvalue weighted by molar-refractivity contribution is 9.09. The van der Waals surface area contributed by atoms with Crippen LogP contribution in [-0.4, -0.2) is 24.8 Å². The largest absolute Gasteiger partial charge is 0.355 e. The normalized spacial score (nSPS) is 16.8. The monoisotopic (exact) mass is 406 g/mol. The lowest BCUT2D eigenvalue weighted by atomic mass is 9.86. The molecule has 0 aliphatic rings. The molecule has 0 aliphatic carbocycles. The van der Waals surface area contributed by atoms with Crippen LogP contribution in [0.15, 0.2) is 0 Å². The molecular formula is C21H43BrO2. The second-order valence-electron chi connectivity index (χ2n) is 7.94. The Balaban J connectivity index is 3.44. The molecule has 4 atom stereocenters. The summed E-state index contributed by atoms with van der Waals surface area (Å²) in [5, 5.41) is 0. The number of rotatable bonds is 17. The first-order valence-corrected chi connectivity index (χ1v) is 11.2. The molecule has 0 aliphatic heterocycles. The molecule has 0 bridgehead atoms. The number of hydrogen-bond acceptors (Lipinski definition) is 2. The van der Waals surface area contributed by atoms with Crippen LogP contribution in [0.4, 0.5) is 0 Å². The van der Waals surface area contributed by atoms with Gasteiger partial charge in [0.05, 0.1) is 0 Å². The average molecular weight is 407 g/mol. The molecule has 0 rings (SSSR count). The Bertz CT molecular complexity index is 258. The predicted octanol–water partition coefficient (Wildman–Crippen LogP) is 7.20. The predicted molar refractivity (Wildman–Crippen MR) is 110 cm³/mol. The van der Waals surface area contributed by atoms with Crippen LogP contribution in [-0.2, 0) is 9.47 Å². The van der Waals surface area contributed by atoms with Crippen molar-refractivity contribution in [3.63, 3.8) is 0 Å². The Hall–Kier alpha value is 0.400. The van der Waals surface area contributed by atoms with Gasteiger partial charge >= 0.3 is 0 Å². The maximum absolute atomic E-state index is 5.58. The minimum atomic E-state index is 0.471. The summed E-state index contributed by atoms with van der Waals surface area (Å²) >= 11 is 3.67. The third-order valence-corrected chi connectivity index (χ3v) is 5.00. The first-order valence-electron chi connectivity index (χ1n) is 10.2. The number of ether oxygens (including phenoxy) is 2. The molecule has 24 heavy (non-hydrogen) atoms. The summed E-state index contributed by atoms with van der Waals surface area (Å²) in [7, 11) is 0. The van der Waals surface area contributed by atoms with Crippen LogP contribution in [0, 0.1) is 17.8 Å². The van der Waals surface area contributed by atoms with Crippen molar-refractivity contribution >= 4 is 15.9 Å². The van der Waals surface area contributed by atoms with Gasteiger partial charge in [0.1, 0.15) is 6.79 Å². The van der Waals surface area contributed by atoms with E-state index in [-0.39, 0.29) is 0 Å². The van der Waals surface area contributed by atoms with Crippen LogP contribution >= 0.6 is 15.9 Å². The second kappa shape index (κ2) is 16.8. The number of alkyl halides is 1. The van der Waals surface area contributed by atoms with Gasteiger partial charge in [-0.15, -0.1) is 0 Å². The topological polar surface area (TPSA) is 18.5 Å². The van der Waals surface area contributed by atoms with E-state index in [9.17, 15) is 0 Å².